The Kier molecular flexibility index (Phi) is 4.81. The van der Waals surface area contributed by atoms with E-state index in [0.717, 1.165) is 11.3 Å². The Labute approximate surface area is 151 Å². The van der Waals surface area contributed by atoms with E-state index in [9.17, 15) is 19.7 Å². The van der Waals surface area contributed by atoms with Crippen molar-refractivity contribution in [1.29, 1.82) is 0 Å². The van der Waals surface area contributed by atoms with E-state index in [4.69, 9.17) is 0 Å². The Balaban J connectivity index is 2.10. The molecule has 1 aromatic heterocycles. The molecule has 0 bridgehead atoms. The molecule has 8 nitrogen and oxygen atoms in total. The fraction of sp³-hybridized carbons (Fsp3) is 0.0588. The second-order valence-corrected chi connectivity index (χ2v) is 6.17. The average Bonchev–Trinajstić information content (AvgIpc) is 3.06. The van der Waals surface area contributed by atoms with Crippen LogP contribution in [0.5, 0.6) is 0 Å². The van der Waals surface area contributed by atoms with Crippen LogP contribution in [0.4, 0.5) is 5.69 Å². The lowest BCUT2D eigenvalue weighted by Crippen LogP contribution is -2.16. The van der Waals surface area contributed by atoms with Crippen LogP contribution in [0.3, 0.4) is 0 Å². The van der Waals surface area contributed by atoms with Crippen LogP contribution >= 0.6 is 11.3 Å². The zero-order valence-electron chi connectivity index (χ0n) is 13.5. The SMILES string of the molecule is CC(=O)c1nn(-c2ccc([N+](=O)[O-])cc2)c(=NC(=O)c2ccccc2)s1. The number of carbonyl (C=O) groups excluding carboxylic acids is 2. The van der Waals surface area contributed by atoms with E-state index in [1.807, 2.05) is 0 Å². The molecule has 26 heavy (non-hydrogen) atoms. The van der Waals surface area contributed by atoms with Crippen molar-refractivity contribution in [3.05, 3.63) is 80.1 Å². The number of rotatable bonds is 4. The summed E-state index contributed by atoms with van der Waals surface area (Å²) in [5.41, 5.74) is 0.787. The highest BCUT2D eigenvalue weighted by molar-refractivity contribution is 7.11. The average molecular weight is 368 g/mol. The van der Waals surface area contributed by atoms with Crippen LogP contribution in [-0.2, 0) is 0 Å². The van der Waals surface area contributed by atoms with Crippen molar-refractivity contribution in [2.75, 3.05) is 0 Å². The Morgan fingerprint density at radius 1 is 1.12 bits per heavy atom. The normalized spacial score (nSPS) is 11.3. The topological polar surface area (TPSA) is 107 Å². The summed E-state index contributed by atoms with van der Waals surface area (Å²) < 4.78 is 1.33. The van der Waals surface area contributed by atoms with Gasteiger partial charge in [-0.05, 0) is 24.3 Å². The lowest BCUT2D eigenvalue weighted by Gasteiger charge is -2.00. The largest absolute Gasteiger partial charge is 0.292 e. The van der Waals surface area contributed by atoms with Crippen molar-refractivity contribution in [3.63, 3.8) is 0 Å². The standard InChI is InChI=1S/C17H12N4O4S/c1-11(22)16-19-20(13-7-9-14(10-8-13)21(24)25)17(26-16)18-15(23)12-5-3-2-4-6-12/h2-10H,1H3. The van der Waals surface area contributed by atoms with E-state index >= 15 is 0 Å². The van der Waals surface area contributed by atoms with Crippen molar-refractivity contribution < 1.29 is 14.5 Å². The fourth-order valence-electron chi connectivity index (χ4n) is 2.11. The Morgan fingerprint density at radius 2 is 1.77 bits per heavy atom. The van der Waals surface area contributed by atoms with Crippen molar-refractivity contribution >= 4 is 28.7 Å². The maximum Gasteiger partial charge on any atom is 0.279 e. The van der Waals surface area contributed by atoms with Gasteiger partial charge in [-0.1, -0.05) is 29.5 Å². The predicted octanol–water partition coefficient (Wildman–Crippen LogP) is 2.79. The minimum Gasteiger partial charge on any atom is -0.292 e. The van der Waals surface area contributed by atoms with Crippen molar-refractivity contribution in [2.45, 2.75) is 6.92 Å². The van der Waals surface area contributed by atoms with Crippen LogP contribution in [0.25, 0.3) is 5.69 Å². The predicted molar refractivity (Wildman–Crippen MR) is 94.4 cm³/mol. The number of carbonyl (C=O) groups is 2. The number of ketones is 1. The second kappa shape index (κ2) is 7.19. The maximum atomic E-state index is 12.3. The van der Waals surface area contributed by atoms with Gasteiger partial charge in [-0.15, -0.1) is 0 Å². The van der Waals surface area contributed by atoms with Gasteiger partial charge in [0.1, 0.15) is 0 Å². The summed E-state index contributed by atoms with van der Waals surface area (Å²) >= 11 is 0.977. The molecule has 0 aliphatic heterocycles. The summed E-state index contributed by atoms with van der Waals surface area (Å²) in [6.07, 6.45) is 0. The van der Waals surface area contributed by atoms with Gasteiger partial charge in [0.25, 0.3) is 11.6 Å². The molecular weight excluding hydrogens is 356 g/mol. The number of nitrogens with zero attached hydrogens (tertiary/aromatic N) is 4. The van der Waals surface area contributed by atoms with Gasteiger partial charge >= 0.3 is 0 Å². The molecule has 0 saturated heterocycles. The summed E-state index contributed by atoms with van der Waals surface area (Å²) in [5.74, 6) is -0.737. The van der Waals surface area contributed by atoms with Gasteiger partial charge in [-0.2, -0.15) is 10.1 Å². The van der Waals surface area contributed by atoms with E-state index in [2.05, 4.69) is 10.1 Å². The first-order valence-electron chi connectivity index (χ1n) is 7.46. The number of aromatic nitrogens is 2. The minimum atomic E-state index is -0.513. The molecule has 0 saturated carbocycles. The van der Waals surface area contributed by atoms with Gasteiger partial charge in [0.05, 0.1) is 10.6 Å². The molecule has 3 rings (SSSR count). The van der Waals surface area contributed by atoms with E-state index in [0.29, 0.717) is 11.3 Å². The quantitative estimate of drug-likeness (QED) is 0.400. The highest BCUT2D eigenvalue weighted by atomic mass is 32.1. The van der Waals surface area contributed by atoms with E-state index in [-0.39, 0.29) is 21.3 Å². The maximum absolute atomic E-state index is 12.3. The lowest BCUT2D eigenvalue weighted by atomic mass is 10.2. The zero-order valence-corrected chi connectivity index (χ0v) is 14.3. The summed E-state index contributed by atoms with van der Waals surface area (Å²) in [6, 6.07) is 14.1. The number of amides is 1. The van der Waals surface area contributed by atoms with Crippen molar-refractivity contribution in [3.8, 4) is 5.69 Å². The molecule has 0 aliphatic rings. The molecule has 2 aromatic carbocycles. The fourth-order valence-corrected chi connectivity index (χ4v) is 2.91. The molecule has 130 valence electrons. The first kappa shape index (κ1) is 17.4. The Hall–Kier alpha value is -3.46. The summed E-state index contributed by atoms with van der Waals surface area (Å²) in [5, 5.41) is 15.1. The van der Waals surface area contributed by atoms with Crippen molar-refractivity contribution in [2.24, 2.45) is 4.99 Å². The minimum absolute atomic E-state index is 0.0739. The first-order chi connectivity index (χ1) is 12.5. The van der Waals surface area contributed by atoms with Gasteiger partial charge in [0, 0.05) is 24.6 Å². The molecule has 1 heterocycles. The van der Waals surface area contributed by atoms with Gasteiger partial charge in [0.15, 0.2) is 10.8 Å². The van der Waals surface area contributed by atoms with Crippen LogP contribution in [-0.4, -0.2) is 26.4 Å². The number of nitro benzene ring substituents is 1. The van der Waals surface area contributed by atoms with Crippen LogP contribution in [0.1, 0.15) is 27.1 Å². The molecule has 0 fully saturated rings. The summed E-state index contributed by atoms with van der Waals surface area (Å²) in [6.45, 7) is 1.36. The van der Waals surface area contributed by atoms with Gasteiger partial charge in [-0.25, -0.2) is 4.68 Å². The summed E-state index contributed by atoms with van der Waals surface area (Å²) in [4.78, 5) is 38.5. The third kappa shape index (κ3) is 3.62. The number of Topliss-reactive ketones (excluding diaryl/α,β-unsaturated/α-hetero) is 1. The second-order valence-electron chi connectivity index (χ2n) is 5.21. The molecule has 0 aliphatic carbocycles. The van der Waals surface area contributed by atoms with Gasteiger partial charge < -0.3 is 0 Å². The van der Waals surface area contributed by atoms with Crippen molar-refractivity contribution in [1.82, 2.24) is 9.78 Å². The Bertz CT molecular complexity index is 1050. The van der Waals surface area contributed by atoms with Crippen LogP contribution < -0.4 is 4.80 Å². The highest BCUT2D eigenvalue weighted by Gasteiger charge is 2.13. The zero-order chi connectivity index (χ0) is 18.7. The number of hydrogen-bond donors (Lipinski definition) is 0. The number of benzene rings is 2. The number of hydrogen-bond acceptors (Lipinski definition) is 6. The third-order valence-corrected chi connectivity index (χ3v) is 4.39. The smallest absolute Gasteiger partial charge is 0.279 e. The molecule has 0 N–H and O–H groups in total. The molecule has 9 heteroatoms. The lowest BCUT2D eigenvalue weighted by molar-refractivity contribution is -0.384. The highest BCUT2D eigenvalue weighted by Crippen LogP contribution is 2.15. The molecule has 0 radical (unpaired) electrons. The Morgan fingerprint density at radius 3 is 2.35 bits per heavy atom. The summed E-state index contributed by atoms with van der Waals surface area (Å²) in [7, 11) is 0. The van der Waals surface area contributed by atoms with Crippen LogP contribution in [0, 0.1) is 10.1 Å². The van der Waals surface area contributed by atoms with E-state index < -0.39 is 10.8 Å². The molecule has 0 atom stereocenters. The van der Waals surface area contributed by atoms with E-state index in [1.165, 1.54) is 35.9 Å². The van der Waals surface area contributed by atoms with Crippen LogP contribution in [0.15, 0.2) is 59.6 Å². The van der Waals surface area contributed by atoms with E-state index in [1.54, 1.807) is 30.3 Å². The molecule has 1 amide bonds. The van der Waals surface area contributed by atoms with Gasteiger partial charge in [0.2, 0.25) is 4.80 Å². The third-order valence-electron chi connectivity index (χ3n) is 3.38. The number of non-ortho nitro benzene ring substituents is 1. The first-order valence-corrected chi connectivity index (χ1v) is 8.27. The molecule has 0 spiro atoms. The van der Waals surface area contributed by atoms with Crippen LogP contribution in [0.2, 0.25) is 0 Å². The molecular formula is C17H12N4O4S. The van der Waals surface area contributed by atoms with Gasteiger partial charge in [-0.3, -0.25) is 19.7 Å². The monoisotopic (exact) mass is 368 g/mol. The molecule has 0 unspecified atom stereocenters. The molecule has 3 aromatic rings. The number of nitro groups is 1.